The van der Waals surface area contributed by atoms with Crippen molar-refractivity contribution in [1.82, 2.24) is 0 Å². The second-order valence-electron chi connectivity index (χ2n) is 12.4. The fourth-order valence-electron chi connectivity index (χ4n) is 5.03. The van der Waals surface area contributed by atoms with Crippen LogP contribution in [0, 0.1) is 0 Å². The summed E-state index contributed by atoms with van der Waals surface area (Å²) < 4.78 is 33.2. The molecule has 0 aliphatic carbocycles. The first-order chi connectivity index (χ1) is 22.4. The number of hydrogen-bond acceptors (Lipinski definition) is 7. The van der Waals surface area contributed by atoms with Gasteiger partial charge in [-0.25, -0.2) is 4.57 Å². The van der Waals surface area contributed by atoms with Crippen LogP contribution in [-0.2, 0) is 27.9 Å². The summed E-state index contributed by atoms with van der Waals surface area (Å²) in [6.45, 7) is 4.86. The Morgan fingerprint density at radius 1 is 0.630 bits per heavy atom. The highest BCUT2D eigenvalue weighted by Gasteiger charge is 2.25. The molecule has 0 saturated carbocycles. The van der Waals surface area contributed by atoms with Crippen molar-refractivity contribution in [3.05, 3.63) is 24.3 Å². The van der Waals surface area contributed by atoms with Gasteiger partial charge >= 0.3 is 13.8 Å². The standard InChI is InChI=1S/C37H72NO7P/c1-3-5-7-9-11-13-15-17-18-19-20-22-24-26-28-30-37(39)45-36(35-44-46(40,41)43-33-31-38)34-42-32-29-27-25-23-21-16-14-12-10-8-6-4-2/h10,12,17-18,36H,3-9,11,13-16,19-35,38H2,1-2H3,(H,40,41)/b12-10-,18-17-. The lowest BCUT2D eigenvalue weighted by Crippen LogP contribution is -2.28. The molecule has 0 aliphatic rings. The fourth-order valence-corrected chi connectivity index (χ4v) is 5.79. The third-order valence-corrected chi connectivity index (χ3v) is 8.83. The van der Waals surface area contributed by atoms with Gasteiger partial charge in [-0.1, -0.05) is 128 Å². The molecule has 0 fully saturated rings. The lowest BCUT2D eigenvalue weighted by Gasteiger charge is -2.20. The van der Waals surface area contributed by atoms with Crippen LogP contribution in [0.1, 0.15) is 168 Å². The van der Waals surface area contributed by atoms with Gasteiger partial charge in [-0.15, -0.1) is 0 Å². The van der Waals surface area contributed by atoms with Crippen molar-refractivity contribution in [1.29, 1.82) is 0 Å². The van der Waals surface area contributed by atoms with Crippen LogP contribution in [0.2, 0.25) is 0 Å². The minimum Gasteiger partial charge on any atom is -0.457 e. The largest absolute Gasteiger partial charge is 0.472 e. The topological polar surface area (TPSA) is 117 Å². The molecule has 0 aromatic rings. The molecule has 0 saturated heterocycles. The van der Waals surface area contributed by atoms with Crippen molar-refractivity contribution in [2.75, 3.05) is 33.0 Å². The minimum absolute atomic E-state index is 0.0973. The van der Waals surface area contributed by atoms with E-state index in [2.05, 4.69) is 38.2 Å². The normalized spacial score (nSPS) is 13.9. The first-order valence-corrected chi connectivity index (χ1v) is 20.3. The first kappa shape index (κ1) is 45.0. The lowest BCUT2D eigenvalue weighted by atomic mass is 10.1. The molecule has 0 bridgehead atoms. The Balaban J connectivity index is 4.11. The van der Waals surface area contributed by atoms with E-state index in [1.54, 1.807) is 0 Å². The Morgan fingerprint density at radius 2 is 1.11 bits per heavy atom. The van der Waals surface area contributed by atoms with Crippen molar-refractivity contribution in [3.8, 4) is 0 Å². The second kappa shape index (κ2) is 35.3. The number of phosphoric ester groups is 1. The number of nitrogens with two attached hydrogens (primary N) is 1. The smallest absolute Gasteiger partial charge is 0.457 e. The molecule has 272 valence electrons. The molecule has 8 nitrogen and oxygen atoms in total. The predicted molar refractivity (Wildman–Crippen MR) is 192 cm³/mol. The van der Waals surface area contributed by atoms with Gasteiger partial charge in [-0.2, -0.15) is 0 Å². The van der Waals surface area contributed by atoms with E-state index in [0.29, 0.717) is 13.0 Å². The van der Waals surface area contributed by atoms with Gasteiger partial charge in [-0.3, -0.25) is 13.8 Å². The molecule has 3 N–H and O–H groups in total. The van der Waals surface area contributed by atoms with Gasteiger partial charge in [0.1, 0.15) is 6.10 Å². The monoisotopic (exact) mass is 674 g/mol. The van der Waals surface area contributed by atoms with Crippen LogP contribution < -0.4 is 5.73 Å². The summed E-state index contributed by atoms with van der Waals surface area (Å²) in [5.41, 5.74) is 5.35. The molecule has 46 heavy (non-hydrogen) atoms. The van der Waals surface area contributed by atoms with Crippen LogP contribution in [0.4, 0.5) is 0 Å². The highest BCUT2D eigenvalue weighted by molar-refractivity contribution is 7.47. The molecule has 0 aromatic heterocycles. The number of esters is 1. The molecule has 0 rings (SSSR count). The van der Waals surface area contributed by atoms with E-state index in [1.165, 1.54) is 103 Å². The molecule has 0 aromatic carbocycles. The Labute approximate surface area is 283 Å². The zero-order chi connectivity index (χ0) is 33.8. The van der Waals surface area contributed by atoms with Crippen molar-refractivity contribution >= 4 is 13.8 Å². The number of rotatable bonds is 36. The molecule has 0 heterocycles. The molecular weight excluding hydrogens is 601 g/mol. The average molecular weight is 674 g/mol. The summed E-state index contributed by atoms with van der Waals surface area (Å²) in [6, 6.07) is 0. The van der Waals surface area contributed by atoms with Crippen LogP contribution in [0.5, 0.6) is 0 Å². The van der Waals surface area contributed by atoms with Gasteiger partial charge in [0.25, 0.3) is 0 Å². The number of allylic oxidation sites excluding steroid dienone is 4. The van der Waals surface area contributed by atoms with E-state index in [-0.39, 0.29) is 32.3 Å². The maximum Gasteiger partial charge on any atom is 0.472 e. The summed E-state index contributed by atoms with van der Waals surface area (Å²) in [5.74, 6) is -0.342. The Morgan fingerprint density at radius 3 is 1.65 bits per heavy atom. The van der Waals surface area contributed by atoms with Crippen molar-refractivity contribution in [2.45, 2.75) is 174 Å². The molecule has 2 unspecified atom stereocenters. The van der Waals surface area contributed by atoms with Gasteiger partial charge in [0.2, 0.25) is 0 Å². The van der Waals surface area contributed by atoms with Gasteiger partial charge < -0.3 is 20.1 Å². The Bertz CT molecular complexity index is 762. The molecule has 9 heteroatoms. The SMILES string of the molecule is CCCC/C=C\CCCCCCCCOCC(COP(=O)(O)OCCN)OC(=O)CCCCCCC/C=C\CCCCCCCC. The number of ether oxygens (including phenoxy) is 2. The van der Waals surface area contributed by atoms with E-state index in [1.807, 2.05) is 0 Å². The van der Waals surface area contributed by atoms with Gasteiger partial charge in [0.15, 0.2) is 0 Å². The summed E-state index contributed by atoms with van der Waals surface area (Å²) in [5, 5.41) is 0. The zero-order valence-electron chi connectivity index (χ0n) is 29.8. The van der Waals surface area contributed by atoms with E-state index in [0.717, 1.165) is 44.9 Å². The van der Waals surface area contributed by atoms with Crippen molar-refractivity contribution in [2.24, 2.45) is 5.73 Å². The van der Waals surface area contributed by atoms with Crippen LogP contribution in [-0.4, -0.2) is 49.9 Å². The summed E-state index contributed by atoms with van der Waals surface area (Å²) >= 11 is 0. The maximum absolute atomic E-state index is 12.5. The van der Waals surface area contributed by atoms with E-state index >= 15 is 0 Å². The van der Waals surface area contributed by atoms with Crippen LogP contribution in [0.25, 0.3) is 0 Å². The minimum atomic E-state index is -4.27. The lowest BCUT2D eigenvalue weighted by molar-refractivity contribution is -0.154. The van der Waals surface area contributed by atoms with Crippen LogP contribution >= 0.6 is 7.82 Å². The average Bonchev–Trinajstić information content (AvgIpc) is 3.04. The first-order valence-electron chi connectivity index (χ1n) is 18.8. The number of hydrogen-bond donors (Lipinski definition) is 2. The van der Waals surface area contributed by atoms with Crippen molar-refractivity contribution < 1.29 is 32.8 Å². The second-order valence-corrected chi connectivity index (χ2v) is 13.9. The van der Waals surface area contributed by atoms with Gasteiger partial charge in [0.05, 0.1) is 19.8 Å². The number of carbonyl (C=O) groups excluding carboxylic acids is 1. The van der Waals surface area contributed by atoms with Gasteiger partial charge in [-0.05, 0) is 57.8 Å². The van der Waals surface area contributed by atoms with Crippen LogP contribution in [0.3, 0.4) is 0 Å². The van der Waals surface area contributed by atoms with Gasteiger partial charge in [0, 0.05) is 19.6 Å². The number of carbonyl (C=O) groups is 1. The summed E-state index contributed by atoms with van der Waals surface area (Å²) in [4.78, 5) is 22.3. The number of phosphoric acid groups is 1. The molecule has 0 amide bonds. The number of unbranched alkanes of at least 4 members (excludes halogenated alkanes) is 19. The molecule has 0 aliphatic heterocycles. The summed E-state index contributed by atoms with van der Waals surface area (Å²) in [7, 11) is -4.27. The third-order valence-electron chi connectivity index (χ3n) is 7.84. The van der Waals surface area contributed by atoms with Crippen LogP contribution in [0.15, 0.2) is 24.3 Å². The Kier molecular flexibility index (Phi) is 34.5. The highest BCUT2D eigenvalue weighted by atomic mass is 31.2. The predicted octanol–water partition coefficient (Wildman–Crippen LogP) is 10.5. The van der Waals surface area contributed by atoms with E-state index < -0.39 is 13.9 Å². The third kappa shape index (κ3) is 34.3. The zero-order valence-corrected chi connectivity index (χ0v) is 30.7. The van der Waals surface area contributed by atoms with E-state index in [4.69, 9.17) is 24.3 Å². The molecule has 0 spiro atoms. The summed E-state index contributed by atoms with van der Waals surface area (Å²) in [6.07, 6.45) is 36.1. The highest BCUT2D eigenvalue weighted by Crippen LogP contribution is 2.43. The van der Waals surface area contributed by atoms with E-state index in [9.17, 15) is 14.3 Å². The molecule has 2 atom stereocenters. The fraction of sp³-hybridized carbons (Fsp3) is 0.865. The molecular formula is C37H72NO7P. The maximum atomic E-state index is 12.5. The quantitative estimate of drug-likeness (QED) is 0.0292. The van der Waals surface area contributed by atoms with Crippen molar-refractivity contribution in [3.63, 3.8) is 0 Å². The molecule has 0 radical (unpaired) electrons. The Hall–Kier alpha value is -1.02.